The van der Waals surface area contributed by atoms with Gasteiger partial charge in [-0.2, -0.15) is 0 Å². The first-order valence-corrected chi connectivity index (χ1v) is 11.1. The van der Waals surface area contributed by atoms with Crippen molar-refractivity contribution in [2.75, 3.05) is 12.3 Å². The predicted octanol–water partition coefficient (Wildman–Crippen LogP) is 2.37. The zero-order valence-corrected chi connectivity index (χ0v) is 18.2. The number of carbonyl (C=O) groups is 3. The van der Waals surface area contributed by atoms with Gasteiger partial charge in [0.05, 0.1) is 6.42 Å². The van der Waals surface area contributed by atoms with Gasteiger partial charge in [-0.3, -0.25) is 9.59 Å². The van der Waals surface area contributed by atoms with E-state index in [9.17, 15) is 14.4 Å². The van der Waals surface area contributed by atoms with Crippen molar-refractivity contribution in [3.05, 3.63) is 65.7 Å². The lowest BCUT2D eigenvalue weighted by Crippen LogP contribution is -2.47. The Balaban J connectivity index is 1.63. The molecule has 32 heavy (non-hydrogen) atoms. The molecular formula is C25H31N3O4. The monoisotopic (exact) mass is 437 g/mol. The Morgan fingerprint density at radius 2 is 1.59 bits per heavy atom. The second-order valence-electron chi connectivity index (χ2n) is 8.42. The second kappa shape index (κ2) is 11.4. The van der Waals surface area contributed by atoms with E-state index in [0.717, 1.165) is 31.2 Å². The molecule has 0 spiro atoms. The topological polar surface area (TPSA) is 125 Å². The molecule has 170 valence electrons. The maximum Gasteiger partial charge on any atom is 0.336 e. The number of amides is 1. The molecule has 0 radical (unpaired) electrons. The molecule has 0 aromatic heterocycles. The summed E-state index contributed by atoms with van der Waals surface area (Å²) in [5, 5.41) is 2.83. The lowest BCUT2D eigenvalue weighted by atomic mass is 9.81. The minimum absolute atomic E-state index is 0.0544. The molecule has 1 amide bonds. The summed E-state index contributed by atoms with van der Waals surface area (Å²) in [6, 6.07) is 15.2. The van der Waals surface area contributed by atoms with Gasteiger partial charge in [0.2, 0.25) is 5.91 Å². The fourth-order valence-corrected chi connectivity index (χ4v) is 4.01. The van der Waals surface area contributed by atoms with Gasteiger partial charge < -0.3 is 21.5 Å². The van der Waals surface area contributed by atoms with Crippen LogP contribution in [0.3, 0.4) is 0 Å². The average Bonchev–Trinajstić information content (AvgIpc) is 2.80. The molecule has 0 heterocycles. The van der Waals surface area contributed by atoms with Crippen LogP contribution < -0.4 is 16.8 Å². The Bertz CT molecular complexity index is 907. The van der Waals surface area contributed by atoms with Crippen LogP contribution in [0.5, 0.6) is 0 Å². The molecule has 7 heteroatoms. The van der Waals surface area contributed by atoms with Gasteiger partial charge in [-0.05, 0) is 61.4 Å². The van der Waals surface area contributed by atoms with Crippen molar-refractivity contribution in [2.45, 2.75) is 44.6 Å². The minimum atomic E-state index is -0.938. The highest BCUT2D eigenvalue weighted by Gasteiger charge is 2.30. The molecule has 0 unspecified atom stereocenters. The van der Waals surface area contributed by atoms with Crippen LogP contribution in [0.4, 0.5) is 5.69 Å². The Morgan fingerprint density at radius 3 is 2.22 bits per heavy atom. The molecule has 3 rings (SSSR count). The number of anilines is 1. The first-order chi connectivity index (χ1) is 15.4. The fourth-order valence-electron chi connectivity index (χ4n) is 4.01. The molecular weight excluding hydrogens is 406 g/mol. The lowest BCUT2D eigenvalue weighted by Gasteiger charge is -2.28. The molecule has 0 saturated heterocycles. The third-order valence-corrected chi connectivity index (χ3v) is 5.98. The van der Waals surface area contributed by atoms with Crippen LogP contribution in [-0.2, 0) is 32.0 Å². The van der Waals surface area contributed by atoms with Gasteiger partial charge in [0.1, 0.15) is 6.04 Å². The molecule has 1 aliphatic rings. The summed E-state index contributed by atoms with van der Waals surface area (Å²) < 4.78 is 5.10. The predicted molar refractivity (Wildman–Crippen MR) is 122 cm³/mol. The zero-order chi connectivity index (χ0) is 22.9. The third kappa shape index (κ3) is 6.92. The van der Waals surface area contributed by atoms with E-state index in [0.29, 0.717) is 23.7 Å². The molecule has 7 nitrogen and oxygen atoms in total. The molecule has 5 N–H and O–H groups in total. The molecule has 1 atom stereocenters. The lowest BCUT2D eigenvalue weighted by molar-refractivity contribution is -0.161. The van der Waals surface area contributed by atoms with Crippen molar-refractivity contribution in [3.63, 3.8) is 0 Å². The van der Waals surface area contributed by atoms with Crippen LogP contribution in [0, 0.1) is 11.8 Å². The number of ether oxygens (including phenoxy) is 1. The maximum atomic E-state index is 12.9. The Hall–Kier alpha value is -3.19. The van der Waals surface area contributed by atoms with Crippen molar-refractivity contribution in [1.29, 1.82) is 0 Å². The highest BCUT2D eigenvalue weighted by Crippen LogP contribution is 2.28. The van der Waals surface area contributed by atoms with Gasteiger partial charge in [0.15, 0.2) is 0 Å². The summed E-state index contributed by atoms with van der Waals surface area (Å²) in [6.07, 6.45) is 3.50. The van der Waals surface area contributed by atoms with Crippen LogP contribution in [0.2, 0.25) is 0 Å². The van der Waals surface area contributed by atoms with Gasteiger partial charge in [0.25, 0.3) is 0 Å². The van der Waals surface area contributed by atoms with Crippen LogP contribution >= 0.6 is 0 Å². The van der Waals surface area contributed by atoms with E-state index < -0.39 is 18.0 Å². The van der Waals surface area contributed by atoms with E-state index in [-0.39, 0.29) is 24.7 Å². The summed E-state index contributed by atoms with van der Waals surface area (Å²) in [7, 11) is 0. The Labute approximate surface area is 188 Å². The molecule has 0 aliphatic heterocycles. The molecule has 1 saturated carbocycles. The average molecular weight is 438 g/mol. The van der Waals surface area contributed by atoms with E-state index in [1.807, 2.05) is 30.3 Å². The summed E-state index contributed by atoms with van der Waals surface area (Å²) in [5.41, 5.74) is 13.5. The van der Waals surface area contributed by atoms with Crippen LogP contribution in [-0.4, -0.2) is 30.4 Å². The first kappa shape index (κ1) is 23.5. The van der Waals surface area contributed by atoms with Crippen molar-refractivity contribution in [3.8, 4) is 0 Å². The normalized spacial score (nSPS) is 19.0. The summed E-state index contributed by atoms with van der Waals surface area (Å²) >= 11 is 0. The number of carbonyl (C=O) groups excluding carboxylic acids is 3. The van der Waals surface area contributed by atoms with Gasteiger partial charge in [-0.15, -0.1) is 0 Å². The standard InChI is InChI=1S/C25H31N3O4/c26-16-19-6-10-20(11-7-19)24(30)28-22(14-17-4-2-1-3-5-17)25(31)32-23(29)15-18-8-12-21(27)13-9-18/h1-5,8-9,12-13,19-20,22H,6-7,10-11,14-16,26-27H2,(H,28,30)/t19?,20?,22-/m0/s1. The zero-order valence-electron chi connectivity index (χ0n) is 18.2. The highest BCUT2D eigenvalue weighted by atomic mass is 16.6. The number of esters is 2. The summed E-state index contributed by atoms with van der Waals surface area (Å²) in [6.45, 7) is 0.632. The van der Waals surface area contributed by atoms with Gasteiger partial charge in [-0.1, -0.05) is 42.5 Å². The SMILES string of the molecule is NCC1CCC(C(=O)N[C@@H](Cc2ccccc2)C(=O)OC(=O)Cc2ccc(N)cc2)CC1. The maximum absolute atomic E-state index is 12.9. The van der Waals surface area contributed by atoms with Gasteiger partial charge in [-0.25, -0.2) is 4.79 Å². The van der Waals surface area contributed by atoms with E-state index >= 15 is 0 Å². The summed E-state index contributed by atoms with van der Waals surface area (Å²) in [4.78, 5) is 38.0. The first-order valence-electron chi connectivity index (χ1n) is 11.1. The molecule has 2 aromatic rings. The molecule has 1 fully saturated rings. The fraction of sp³-hybridized carbons (Fsp3) is 0.400. The number of nitrogens with two attached hydrogens (primary N) is 2. The van der Waals surface area contributed by atoms with Crippen molar-refractivity contribution in [2.24, 2.45) is 17.6 Å². The van der Waals surface area contributed by atoms with Gasteiger partial charge in [0, 0.05) is 18.0 Å². The molecule has 2 aromatic carbocycles. The van der Waals surface area contributed by atoms with E-state index in [2.05, 4.69) is 5.32 Å². The van der Waals surface area contributed by atoms with Crippen LogP contribution in [0.15, 0.2) is 54.6 Å². The molecule has 1 aliphatic carbocycles. The van der Waals surface area contributed by atoms with Crippen LogP contribution in [0.25, 0.3) is 0 Å². The number of hydrogen-bond acceptors (Lipinski definition) is 6. The van der Waals surface area contributed by atoms with Crippen molar-refractivity contribution < 1.29 is 19.1 Å². The van der Waals surface area contributed by atoms with E-state index in [1.165, 1.54) is 0 Å². The quantitative estimate of drug-likeness (QED) is 0.331. The number of nitrogen functional groups attached to an aromatic ring is 1. The summed E-state index contributed by atoms with van der Waals surface area (Å²) in [5.74, 6) is -1.30. The largest absolute Gasteiger partial charge is 0.399 e. The second-order valence-corrected chi connectivity index (χ2v) is 8.42. The van der Waals surface area contributed by atoms with Crippen molar-refractivity contribution >= 4 is 23.5 Å². The van der Waals surface area contributed by atoms with E-state index in [4.69, 9.17) is 16.2 Å². The third-order valence-electron chi connectivity index (χ3n) is 5.98. The smallest absolute Gasteiger partial charge is 0.336 e. The number of benzene rings is 2. The van der Waals surface area contributed by atoms with Gasteiger partial charge >= 0.3 is 11.9 Å². The van der Waals surface area contributed by atoms with E-state index in [1.54, 1.807) is 24.3 Å². The Kier molecular flexibility index (Phi) is 8.39. The van der Waals surface area contributed by atoms with Crippen LogP contribution in [0.1, 0.15) is 36.8 Å². The molecule has 0 bridgehead atoms. The number of nitrogens with one attached hydrogen (secondary N) is 1. The highest BCUT2D eigenvalue weighted by molar-refractivity contribution is 5.92. The number of hydrogen-bond donors (Lipinski definition) is 3. The van der Waals surface area contributed by atoms with Crippen molar-refractivity contribution in [1.82, 2.24) is 5.32 Å². The number of rotatable bonds is 8. The minimum Gasteiger partial charge on any atom is -0.399 e. The Morgan fingerprint density at radius 1 is 0.938 bits per heavy atom.